The van der Waals surface area contributed by atoms with Crippen molar-refractivity contribution in [3.8, 4) is 0 Å². The highest BCUT2D eigenvalue weighted by atomic mass is 32.2. The molecular formula is C19H25N3O3S. The van der Waals surface area contributed by atoms with Crippen molar-refractivity contribution in [3.63, 3.8) is 0 Å². The second-order valence-corrected chi connectivity index (χ2v) is 8.16. The molecule has 0 heterocycles. The average Bonchev–Trinajstić information content (AvgIpc) is 2.64. The van der Waals surface area contributed by atoms with Crippen LogP contribution >= 0.6 is 0 Å². The lowest BCUT2D eigenvalue weighted by Gasteiger charge is -2.19. The zero-order chi connectivity index (χ0) is 19.2. The Morgan fingerprint density at radius 2 is 1.58 bits per heavy atom. The number of para-hydroxylation sites is 1. The molecule has 0 saturated carbocycles. The number of carbonyl (C=O) groups excluding carboxylic acids is 1. The summed E-state index contributed by atoms with van der Waals surface area (Å²) in [4.78, 5) is 14.3. The predicted molar refractivity (Wildman–Crippen MR) is 106 cm³/mol. The van der Waals surface area contributed by atoms with Gasteiger partial charge in [0.15, 0.2) is 0 Å². The van der Waals surface area contributed by atoms with E-state index in [1.54, 1.807) is 24.3 Å². The molecule has 1 N–H and O–H groups in total. The van der Waals surface area contributed by atoms with E-state index in [9.17, 15) is 13.2 Å². The summed E-state index contributed by atoms with van der Waals surface area (Å²) in [5.74, 6) is -0.166. The van der Waals surface area contributed by atoms with Gasteiger partial charge in [0, 0.05) is 38.4 Å². The number of benzene rings is 2. The number of sulfonamides is 1. The van der Waals surface area contributed by atoms with Crippen LogP contribution in [-0.4, -0.2) is 47.8 Å². The van der Waals surface area contributed by atoms with Crippen molar-refractivity contribution < 1.29 is 13.2 Å². The summed E-state index contributed by atoms with van der Waals surface area (Å²) in [6.07, 6.45) is 1.96. The van der Waals surface area contributed by atoms with E-state index in [2.05, 4.69) is 10.2 Å². The number of anilines is 2. The summed E-state index contributed by atoms with van der Waals surface area (Å²) in [6, 6.07) is 16.6. The topological polar surface area (TPSA) is 69.7 Å². The SMILES string of the molecule is CN(CCCNC(=O)c1ccc(N(C)S(C)(=O)=O)cc1)c1ccccc1. The summed E-state index contributed by atoms with van der Waals surface area (Å²) in [6.45, 7) is 1.41. The molecule has 7 heteroatoms. The third-order valence-electron chi connectivity index (χ3n) is 4.14. The number of nitrogens with one attached hydrogen (secondary N) is 1. The van der Waals surface area contributed by atoms with Gasteiger partial charge in [-0.15, -0.1) is 0 Å². The van der Waals surface area contributed by atoms with Crippen LogP contribution in [0, 0.1) is 0 Å². The third-order valence-corrected chi connectivity index (χ3v) is 5.35. The fourth-order valence-corrected chi connectivity index (χ4v) is 2.95. The van der Waals surface area contributed by atoms with Crippen molar-refractivity contribution in [1.82, 2.24) is 5.32 Å². The van der Waals surface area contributed by atoms with E-state index in [0.29, 0.717) is 17.8 Å². The first-order valence-corrected chi connectivity index (χ1v) is 10.2. The molecule has 0 aliphatic carbocycles. The fourth-order valence-electron chi connectivity index (χ4n) is 2.45. The highest BCUT2D eigenvalue weighted by Crippen LogP contribution is 2.16. The molecule has 0 saturated heterocycles. The lowest BCUT2D eigenvalue weighted by Crippen LogP contribution is -2.28. The maximum absolute atomic E-state index is 12.2. The first-order valence-electron chi connectivity index (χ1n) is 8.37. The van der Waals surface area contributed by atoms with E-state index in [1.807, 2.05) is 37.4 Å². The molecule has 2 aromatic rings. The zero-order valence-electron chi connectivity index (χ0n) is 15.3. The molecule has 2 aromatic carbocycles. The normalized spacial score (nSPS) is 11.0. The largest absolute Gasteiger partial charge is 0.375 e. The molecular weight excluding hydrogens is 350 g/mol. The summed E-state index contributed by atoms with van der Waals surface area (Å²) in [5.41, 5.74) is 2.17. The number of hydrogen-bond donors (Lipinski definition) is 1. The van der Waals surface area contributed by atoms with Crippen LogP contribution < -0.4 is 14.5 Å². The van der Waals surface area contributed by atoms with Crippen molar-refractivity contribution >= 4 is 27.3 Å². The number of nitrogens with zero attached hydrogens (tertiary/aromatic N) is 2. The lowest BCUT2D eigenvalue weighted by atomic mass is 10.2. The van der Waals surface area contributed by atoms with Gasteiger partial charge in [-0.25, -0.2) is 8.42 Å². The van der Waals surface area contributed by atoms with Gasteiger partial charge in [-0.2, -0.15) is 0 Å². The van der Waals surface area contributed by atoms with Crippen LogP contribution in [0.3, 0.4) is 0 Å². The molecule has 26 heavy (non-hydrogen) atoms. The Kier molecular flexibility index (Phi) is 6.63. The Labute approximate surface area is 155 Å². The van der Waals surface area contributed by atoms with Crippen molar-refractivity contribution in [2.24, 2.45) is 0 Å². The first-order chi connectivity index (χ1) is 12.3. The second-order valence-electron chi connectivity index (χ2n) is 6.14. The van der Waals surface area contributed by atoms with Crippen LogP contribution in [0.1, 0.15) is 16.8 Å². The van der Waals surface area contributed by atoms with E-state index >= 15 is 0 Å². The summed E-state index contributed by atoms with van der Waals surface area (Å²) in [5, 5.41) is 2.89. The highest BCUT2D eigenvalue weighted by molar-refractivity contribution is 7.92. The van der Waals surface area contributed by atoms with Crippen molar-refractivity contribution in [1.29, 1.82) is 0 Å². The number of rotatable bonds is 8. The van der Waals surface area contributed by atoms with Crippen LogP contribution in [0.4, 0.5) is 11.4 Å². The molecule has 0 atom stereocenters. The second kappa shape index (κ2) is 8.71. The minimum absolute atomic E-state index is 0.166. The molecule has 0 radical (unpaired) electrons. The minimum atomic E-state index is -3.31. The van der Waals surface area contributed by atoms with Crippen molar-refractivity contribution in [2.45, 2.75) is 6.42 Å². The molecule has 0 bridgehead atoms. The molecule has 0 aliphatic rings. The summed E-state index contributed by atoms with van der Waals surface area (Å²) < 4.78 is 24.2. The Morgan fingerprint density at radius 3 is 2.15 bits per heavy atom. The number of hydrogen-bond acceptors (Lipinski definition) is 4. The van der Waals surface area contributed by atoms with E-state index in [-0.39, 0.29) is 5.91 Å². The van der Waals surface area contributed by atoms with Gasteiger partial charge in [-0.3, -0.25) is 9.10 Å². The molecule has 0 unspecified atom stereocenters. The third kappa shape index (κ3) is 5.49. The highest BCUT2D eigenvalue weighted by Gasteiger charge is 2.12. The molecule has 140 valence electrons. The molecule has 2 rings (SSSR count). The maximum Gasteiger partial charge on any atom is 0.251 e. The molecule has 6 nitrogen and oxygen atoms in total. The fraction of sp³-hybridized carbons (Fsp3) is 0.316. The molecule has 0 aliphatic heterocycles. The Bertz CT molecular complexity index is 821. The monoisotopic (exact) mass is 375 g/mol. The van der Waals surface area contributed by atoms with Gasteiger partial charge < -0.3 is 10.2 Å². The van der Waals surface area contributed by atoms with Gasteiger partial charge in [0.25, 0.3) is 5.91 Å². The van der Waals surface area contributed by atoms with Gasteiger partial charge >= 0.3 is 0 Å². The van der Waals surface area contributed by atoms with Gasteiger partial charge in [-0.1, -0.05) is 18.2 Å². The van der Waals surface area contributed by atoms with E-state index < -0.39 is 10.0 Å². The van der Waals surface area contributed by atoms with Crippen molar-refractivity contribution in [3.05, 3.63) is 60.2 Å². The number of amides is 1. The van der Waals surface area contributed by atoms with Crippen LogP contribution in [0.25, 0.3) is 0 Å². The van der Waals surface area contributed by atoms with Gasteiger partial charge in [0.1, 0.15) is 0 Å². The lowest BCUT2D eigenvalue weighted by molar-refractivity contribution is 0.0953. The Hall–Kier alpha value is -2.54. The summed E-state index contributed by atoms with van der Waals surface area (Å²) in [7, 11) is 0.192. The minimum Gasteiger partial charge on any atom is -0.375 e. The van der Waals surface area contributed by atoms with Gasteiger partial charge in [-0.05, 0) is 42.8 Å². The molecule has 1 amide bonds. The Morgan fingerprint density at radius 1 is 0.962 bits per heavy atom. The zero-order valence-corrected chi connectivity index (χ0v) is 16.2. The van der Waals surface area contributed by atoms with Crippen LogP contribution in [0.5, 0.6) is 0 Å². The average molecular weight is 375 g/mol. The standard InChI is InChI=1S/C19H25N3O3S/c1-21(17-8-5-4-6-9-17)15-7-14-20-19(23)16-10-12-18(13-11-16)22(2)26(3,24)25/h4-6,8-13H,7,14-15H2,1-3H3,(H,20,23). The first kappa shape index (κ1) is 19.8. The van der Waals surface area contributed by atoms with E-state index in [4.69, 9.17) is 0 Å². The molecule has 0 fully saturated rings. The van der Waals surface area contributed by atoms with E-state index in [1.165, 1.54) is 11.4 Å². The summed E-state index contributed by atoms with van der Waals surface area (Å²) >= 11 is 0. The maximum atomic E-state index is 12.2. The van der Waals surface area contributed by atoms with Crippen LogP contribution in [-0.2, 0) is 10.0 Å². The quantitative estimate of drug-likeness (QED) is 0.719. The molecule has 0 spiro atoms. The smallest absolute Gasteiger partial charge is 0.251 e. The van der Waals surface area contributed by atoms with Crippen LogP contribution in [0.2, 0.25) is 0 Å². The molecule has 0 aromatic heterocycles. The Balaban J connectivity index is 1.81. The van der Waals surface area contributed by atoms with E-state index in [0.717, 1.165) is 24.9 Å². The van der Waals surface area contributed by atoms with Crippen molar-refractivity contribution in [2.75, 3.05) is 42.6 Å². The van der Waals surface area contributed by atoms with Gasteiger partial charge in [0.05, 0.1) is 11.9 Å². The number of carbonyl (C=O) groups is 1. The van der Waals surface area contributed by atoms with Gasteiger partial charge in [0.2, 0.25) is 10.0 Å². The predicted octanol–water partition coefficient (Wildman–Crippen LogP) is 2.34. The van der Waals surface area contributed by atoms with Crippen LogP contribution in [0.15, 0.2) is 54.6 Å².